The van der Waals surface area contributed by atoms with Crippen molar-refractivity contribution in [2.75, 3.05) is 0 Å². The molecule has 0 aromatic carbocycles. The number of halogens is 3. The van der Waals surface area contributed by atoms with Gasteiger partial charge in [-0.1, -0.05) is 12.8 Å². The fourth-order valence-corrected chi connectivity index (χ4v) is 2.44. The molecule has 0 aromatic heterocycles. The highest BCUT2D eigenvalue weighted by Gasteiger charge is 2.64. The lowest BCUT2D eigenvalue weighted by molar-refractivity contribution is -0.162. The van der Waals surface area contributed by atoms with Gasteiger partial charge < -0.3 is 15.7 Å². The maximum atomic E-state index is 12.7. The maximum absolute atomic E-state index is 12.7. The van der Waals surface area contributed by atoms with Crippen LogP contribution in [-0.2, 0) is 4.79 Å². The van der Waals surface area contributed by atoms with Crippen LogP contribution in [0.25, 0.3) is 0 Å². The van der Waals surface area contributed by atoms with E-state index in [1.165, 1.54) is 0 Å². The van der Waals surface area contributed by atoms with E-state index in [1.54, 1.807) is 0 Å². The van der Waals surface area contributed by atoms with Gasteiger partial charge in [0, 0.05) is 0 Å². The van der Waals surface area contributed by atoms with Gasteiger partial charge >= 0.3 is 18.2 Å². The minimum Gasteiger partial charge on any atom is -0.480 e. The molecule has 3 N–H and O–H groups in total. The first-order valence-electron chi connectivity index (χ1n) is 6.11. The number of urea groups is 1. The number of carboxylic acid groups (broad SMARTS) is 1. The molecule has 8 heteroatoms. The van der Waals surface area contributed by atoms with Gasteiger partial charge in [-0.25, -0.2) is 9.59 Å². The molecule has 0 atom stereocenters. The molecular weight excluding hydrogens is 265 g/mol. The van der Waals surface area contributed by atoms with Gasteiger partial charge in [0.05, 0.1) is 0 Å². The van der Waals surface area contributed by atoms with Crippen molar-refractivity contribution in [2.24, 2.45) is 0 Å². The molecule has 108 valence electrons. The highest BCUT2D eigenvalue weighted by atomic mass is 19.4. The monoisotopic (exact) mass is 280 g/mol. The summed E-state index contributed by atoms with van der Waals surface area (Å²) in [5.41, 5.74) is -3.60. The average Bonchev–Trinajstić information content (AvgIpc) is 2.89. The summed E-state index contributed by atoms with van der Waals surface area (Å²) >= 11 is 0. The van der Waals surface area contributed by atoms with Gasteiger partial charge in [-0.15, -0.1) is 0 Å². The second-order valence-corrected chi connectivity index (χ2v) is 5.25. The highest BCUT2D eigenvalue weighted by Crippen LogP contribution is 2.48. The number of carboxylic acids is 1. The minimum absolute atomic E-state index is 0.163. The maximum Gasteiger partial charge on any atom is 0.411 e. The fraction of sp³-hybridized carbons (Fsp3) is 0.818. The zero-order chi connectivity index (χ0) is 14.3. The van der Waals surface area contributed by atoms with E-state index in [0.29, 0.717) is 12.8 Å². The topological polar surface area (TPSA) is 78.4 Å². The largest absolute Gasteiger partial charge is 0.480 e. The molecule has 0 unspecified atom stereocenters. The quantitative estimate of drug-likeness (QED) is 0.737. The van der Waals surface area contributed by atoms with Crippen molar-refractivity contribution < 1.29 is 27.9 Å². The third kappa shape index (κ3) is 2.48. The van der Waals surface area contributed by atoms with Crippen LogP contribution in [0, 0.1) is 0 Å². The first-order chi connectivity index (χ1) is 8.71. The second-order valence-electron chi connectivity index (χ2n) is 5.25. The lowest BCUT2D eigenvalue weighted by Crippen LogP contribution is -2.59. The number of hydrogen-bond donors (Lipinski definition) is 3. The number of rotatable bonds is 3. The van der Waals surface area contributed by atoms with Crippen LogP contribution in [0.1, 0.15) is 38.5 Å². The van der Waals surface area contributed by atoms with Crippen molar-refractivity contribution in [2.45, 2.75) is 55.8 Å². The highest BCUT2D eigenvalue weighted by molar-refractivity contribution is 5.87. The molecule has 2 fully saturated rings. The molecule has 0 heterocycles. The number of amides is 2. The van der Waals surface area contributed by atoms with Gasteiger partial charge in [0.25, 0.3) is 0 Å². The summed E-state index contributed by atoms with van der Waals surface area (Å²) in [7, 11) is 0. The Balaban J connectivity index is 2.00. The van der Waals surface area contributed by atoms with Crippen molar-refractivity contribution in [3.05, 3.63) is 0 Å². The first-order valence-corrected chi connectivity index (χ1v) is 6.11. The molecule has 2 amide bonds. The Kier molecular flexibility index (Phi) is 3.14. The normalized spacial score (nSPS) is 23.7. The van der Waals surface area contributed by atoms with Crippen molar-refractivity contribution in [1.82, 2.24) is 10.6 Å². The molecule has 0 bridgehead atoms. The lowest BCUT2D eigenvalue weighted by Gasteiger charge is -2.28. The second kappa shape index (κ2) is 4.28. The van der Waals surface area contributed by atoms with Crippen molar-refractivity contribution in [3.8, 4) is 0 Å². The van der Waals surface area contributed by atoms with Crippen LogP contribution in [0.5, 0.6) is 0 Å². The van der Waals surface area contributed by atoms with Crippen LogP contribution in [0.3, 0.4) is 0 Å². The minimum atomic E-state index is -4.50. The SMILES string of the molecule is O=C(NC1(C(=O)O)CCCC1)NC1(C(F)(F)F)CC1. The van der Waals surface area contributed by atoms with Crippen molar-refractivity contribution in [1.29, 1.82) is 0 Å². The summed E-state index contributed by atoms with van der Waals surface area (Å²) in [6, 6.07) is -1.06. The van der Waals surface area contributed by atoms with Gasteiger partial charge in [-0.3, -0.25) is 0 Å². The lowest BCUT2D eigenvalue weighted by atomic mass is 9.98. The number of hydrogen-bond acceptors (Lipinski definition) is 2. The third-order valence-electron chi connectivity index (χ3n) is 3.86. The average molecular weight is 280 g/mol. The van der Waals surface area contributed by atoms with E-state index >= 15 is 0 Å². The molecule has 0 aromatic rings. The van der Waals surface area contributed by atoms with Crippen molar-refractivity contribution in [3.63, 3.8) is 0 Å². The molecule has 2 aliphatic carbocycles. The van der Waals surface area contributed by atoms with E-state index in [1.807, 2.05) is 5.32 Å². The third-order valence-corrected chi connectivity index (χ3v) is 3.86. The Morgan fingerprint density at radius 2 is 1.53 bits per heavy atom. The van der Waals surface area contributed by atoms with Gasteiger partial charge in [0.15, 0.2) is 0 Å². The van der Waals surface area contributed by atoms with E-state index in [0.717, 1.165) is 0 Å². The Bertz CT molecular complexity index is 398. The molecule has 0 aliphatic heterocycles. The summed E-state index contributed by atoms with van der Waals surface area (Å²) in [6.07, 6.45) is -3.07. The van der Waals surface area contributed by atoms with Gasteiger partial charge in [0.1, 0.15) is 11.1 Å². The Labute approximate surface area is 107 Å². The van der Waals surface area contributed by atoms with E-state index in [-0.39, 0.29) is 25.7 Å². The molecule has 0 spiro atoms. The summed E-state index contributed by atoms with van der Waals surface area (Å²) in [6.45, 7) is 0. The molecular formula is C11H15F3N2O3. The summed E-state index contributed by atoms with van der Waals surface area (Å²) < 4.78 is 38.0. The predicted octanol–water partition coefficient (Wildman–Crippen LogP) is 1.78. The smallest absolute Gasteiger partial charge is 0.411 e. The van der Waals surface area contributed by atoms with E-state index in [4.69, 9.17) is 5.11 Å². The van der Waals surface area contributed by atoms with Crippen LogP contribution >= 0.6 is 0 Å². The first kappa shape index (κ1) is 14.0. The number of nitrogens with one attached hydrogen (secondary N) is 2. The van der Waals surface area contributed by atoms with Crippen LogP contribution in [0.2, 0.25) is 0 Å². The van der Waals surface area contributed by atoms with Crippen molar-refractivity contribution >= 4 is 12.0 Å². The number of carbonyl (C=O) groups is 2. The van der Waals surface area contributed by atoms with E-state index < -0.39 is 29.3 Å². The summed E-state index contributed by atoms with van der Waals surface area (Å²) in [4.78, 5) is 22.8. The van der Waals surface area contributed by atoms with Crippen LogP contribution in [0.4, 0.5) is 18.0 Å². The zero-order valence-electron chi connectivity index (χ0n) is 10.1. The molecule has 5 nitrogen and oxygen atoms in total. The molecule has 2 aliphatic rings. The molecule has 0 radical (unpaired) electrons. The zero-order valence-corrected chi connectivity index (χ0v) is 10.1. The van der Waals surface area contributed by atoms with Crippen LogP contribution in [0.15, 0.2) is 0 Å². The molecule has 19 heavy (non-hydrogen) atoms. The Hall–Kier alpha value is -1.47. The fourth-order valence-electron chi connectivity index (χ4n) is 2.44. The van der Waals surface area contributed by atoms with E-state index in [2.05, 4.69) is 5.32 Å². The van der Waals surface area contributed by atoms with Gasteiger partial charge in [-0.2, -0.15) is 13.2 Å². The standard InChI is InChI=1S/C11H15F3N2O3/c12-11(13,14)10(5-6-10)16-8(19)15-9(7(17)18)3-1-2-4-9/h1-6H2,(H,17,18)(H2,15,16,19). The predicted molar refractivity (Wildman–Crippen MR) is 58.5 cm³/mol. The number of alkyl halides is 3. The Morgan fingerprint density at radius 1 is 1.00 bits per heavy atom. The van der Waals surface area contributed by atoms with Gasteiger partial charge in [0.2, 0.25) is 0 Å². The summed E-state index contributed by atoms with van der Waals surface area (Å²) in [5, 5.41) is 13.2. The number of carbonyl (C=O) groups excluding carboxylic acids is 1. The van der Waals surface area contributed by atoms with Crippen LogP contribution in [-0.4, -0.2) is 34.4 Å². The van der Waals surface area contributed by atoms with Gasteiger partial charge in [-0.05, 0) is 25.7 Å². The number of aliphatic carboxylic acids is 1. The van der Waals surface area contributed by atoms with Crippen LogP contribution < -0.4 is 10.6 Å². The molecule has 0 saturated heterocycles. The molecule has 2 rings (SSSR count). The summed E-state index contributed by atoms with van der Waals surface area (Å²) in [5.74, 6) is -1.20. The Morgan fingerprint density at radius 3 is 1.89 bits per heavy atom. The van der Waals surface area contributed by atoms with E-state index in [9.17, 15) is 22.8 Å². The molecule has 2 saturated carbocycles.